The molecule has 0 saturated carbocycles. The summed E-state index contributed by atoms with van der Waals surface area (Å²) in [6.45, 7) is 5.14. The summed E-state index contributed by atoms with van der Waals surface area (Å²) in [5.74, 6) is 0.521. The third-order valence-corrected chi connectivity index (χ3v) is 5.81. The van der Waals surface area contributed by atoms with Crippen molar-refractivity contribution in [2.75, 3.05) is 32.8 Å². The van der Waals surface area contributed by atoms with E-state index >= 15 is 0 Å². The van der Waals surface area contributed by atoms with Crippen LogP contribution in [-0.2, 0) is 16.1 Å². The van der Waals surface area contributed by atoms with Gasteiger partial charge < -0.3 is 15.8 Å². The van der Waals surface area contributed by atoms with Crippen molar-refractivity contribution in [2.24, 2.45) is 11.7 Å². The van der Waals surface area contributed by atoms with Gasteiger partial charge in [0.05, 0.1) is 5.54 Å². The number of hydrogen-bond donors (Lipinski definition) is 2. The first-order valence-electron chi connectivity index (χ1n) is 8.55. The number of carbonyl (C=O) groups excluding carboxylic acids is 1. The van der Waals surface area contributed by atoms with Crippen LogP contribution < -0.4 is 11.1 Å². The van der Waals surface area contributed by atoms with Crippen LogP contribution >= 0.6 is 11.3 Å². The largest absolute Gasteiger partial charge is 0.381 e. The van der Waals surface area contributed by atoms with Crippen molar-refractivity contribution >= 4 is 17.2 Å². The van der Waals surface area contributed by atoms with Crippen LogP contribution in [0.15, 0.2) is 17.5 Å². The van der Waals surface area contributed by atoms with Gasteiger partial charge in [0.15, 0.2) is 0 Å². The molecule has 23 heavy (non-hydrogen) atoms. The second-order valence-electron chi connectivity index (χ2n) is 6.80. The fourth-order valence-electron chi connectivity index (χ4n) is 3.46. The van der Waals surface area contributed by atoms with Gasteiger partial charge in [-0.2, -0.15) is 0 Å². The van der Waals surface area contributed by atoms with Gasteiger partial charge in [-0.25, -0.2) is 0 Å². The van der Waals surface area contributed by atoms with Crippen molar-refractivity contribution in [2.45, 2.75) is 37.8 Å². The molecule has 0 spiro atoms. The number of rotatable bonds is 5. The molecule has 0 bridgehead atoms. The van der Waals surface area contributed by atoms with E-state index < -0.39 is 5.54 Å². The lowest BCUT2D eigenvalue weighted by molar-refractivity contribution is -0.130. The summed E-state index contributed by atoms with van der Waals surface area (Å²) >= 11 is 1.81. The van der Waals surface area contributed by atoms with Crippen molar-refractivity contribution < 1.29 is 9.53 Å². The molecule has 0 aliphatic carbocycles. The number of nitrogens with one attached hydrogen (secondary N) is 1. The van der Waals surface area contributed by atoms with E-state index in [0.29, 0.717) is 32.0 Å². The highest BCUT2D eigenvalue weighted by atomic mass is 32.1. The maximum Gasteiger partial charge on any atom is 0.240 e. The molecule has 6 heteroatoms. The Kier molecular flexibility index (Phi) is 5.69. The van der Waals surface area contributed by atoms with Crippen molar-refractivity contribution in [1.29, 1.82) is 0 Å². The molecule has 2 saturated heterocycles. The lowest BCUT2D eigenvalue weighted by Crippen LogP contribution is -2.57. The monoisotopic (exact) mass is 337 g/mol. The Labute approximate surface area is 142 Å². The van der Waals surface area contributed by atoms with E-state index in [1.165, 1.54) is 17.7 Å². The summed E-state index contributed by atoms with van der Waals surface area (Å²) in [5, 5.41) is 5.23. The molecule has 3 rings (SSSR count). The Morgan fingerprint density at radius 3 is 3.04 bits per heavy atom. The standard InChI is InChI=1S/C17H27N3O2S/c18-17(5-8-22-9-6-17)16(21)19-11-14-3-1-7-20(12-14)13-15-4-2-10-23-15/h2,4,10,14H,1,3,5-9,11-13,18H2,(H,19,21). The van der Waals surface area contributed by atoms with E-state index in [1.807, 2.05) is 11.3 Å². The van der Waals surface area contributed by atoms with Crippen LogP contribution in [-0.4, -0.2) is 49.2 Å². The summed E-state index contributed by atoms with van der Waals surface area (Å²) in [7, 11) is 0. The highest BCUT2D eigenvalue weighted by Gasteiger charge is 2.36. The molecule has 5 nitrogen and oxygen atoms in total. The molecule has 2 aliphatic heterocycles. The van der Waals surface area contributed by atoms with Crippen LogP contribution in [0.1, 0.15) is 30.6 Å². The number of amides is 1. The van der Waals surface area contributed by atoms with Crippen LogP contribution in [0.4, 0.5) is 0 Å². The van der Waals surface area contributed by atoms with E-state index in [1.54, 1.807) is 0 Å². The molecule has 2 aliphatic rings. The molecular formula is C17H27N3O2S. The van der Waals surface area contributed by atoms with Gasteiger partial charge in [0, 0.05) is 37.7 Å². The Morgan fingerprint density at radius 2 is 2.30 bits per heavy atom. The number of carbonyl (C=O) groups is 1. The SMILES string of the molecule is NC1(C(=O)NCC2CCCN(Cc3cccs3)C2)CCOCC1. The minimum Gasteiger partial charge on any atom is -0.381 e. The number of nitrogens with two attached hydrogens (primary N) is 1. The maximum atomic E-state index is 12.4. The predicted octanol–water partition coefficient (Wildman–Crippen LogP) is 1.58. The maximum absolute atomic E-state index is 12.4. The summed E-state index contributed by atoms with van der Waals surface area (Å²) in [6.07, 6.45) is 3.62. The summed E-state index contributed by atoms with van der Waals surface area (Å²) in [6, 6.07) is 4.30. The summed E-state index contributed by atoms with van der Waals surface area (Å²) in [4.78, 5) is 16.3. The quantitative estimate of drug-likeness (QED) is 0.856. The van der Waals surface area contributed by atoms with Crippen molar-refractivity contribution in [3.8, 4) is 0 Å². The molecule has 0 radical (unpaired) electrons. The van der Waals surface area contributed by atoms with E-state index in [0.717, 1.165) is 26.2 Å². The van der Waals surface area contributed by atoms with Crippen LogP contribution in [0.2, 0.25) is 0 Å². The van der Waals surface area contributed by atoms with Gasteiger partial charge in [-0.15, -0.1) is 11.3 Å². The smallest absolute Gasteiger partial charge is 0.240 e. The highest BCUT2D eigenvalue weighted by Crippen LogP contribution is 2.21. The molecule has 3 heterocycles. The van der Waals surface area contributed by atoms with Crippen LogP contribution in [0.5, 0.6) is 0 Å². The average molecular weight is 337 g/mol. The number of ether oxygens (including phenoxy) is 1. The second-order valence-corrected chi connectivity index (χ2v) is 7.83. The first kappa shape index (κ1) is 16.9. The molecule has 1 atom stereocenters. The Hall–Kier alpha value is -0.950. The molecule has 1 amide bonds. The van der Waals surface area contributed by atoms with Gasteiger partial charge in [-0.05, 0) is 49.6 Å². The van der Waals surface area contributed by atoms with Gasteiger partial charge in [0.2, 0.25) is 5.91 Å². The lowest BCUT2D eigenvalue weighted by Gasteiger charge is -2.35. The minimum atomic E-state index is -0.733. The van der Waals surface area contributed by atoms with E-state index in [2.05, 4.69) is 27.7 Å². The van der Waals surface area contributed by atoms with Gasteiger partial charge >= 0.3 is 0 Å². The molecule has 3 N–H and O–H groups in total. The number of nitrogens with zero attached hydrogens (tertiary/aromatic N) is 1. The molecule has 0 aromatic carbocycles. The molecule has 2 fully saturated rings. The number of thiophene rings is 1. The third kappa shape index (κ3) is 4.53. The van der Waals surface area contributed by atoms with E-state index in [4.69, 9.17) is 10.5 Å². The second kappa shape index (κ2) is 7.75. The fourth-order valence-corrected chi connectivity index (χ4v) is 4.21. The topological polar surface area (TPSA) is 67.6 Å². The predicted molar refractivity (Wildman–Crippen MR) is 92.3 cm³/mol. The van der Waals surface area contributed by atoms with Crippen molar-refractivity contribution in [1.82, 2.24) is 10.2 Å². The Bertz CT molecular complexity index is 500. The van der Waals surface area contributed by atoms with Crippen molar-refractivity contribution in [3.63, 3.8) is 0 Å². The summed E-state index contributed by atoms with van der Waals surface area (Å²) in [5.41, 5.74) is 5.50. The minimum absolute atomic E-state index is 0.00354. The molecule has 1 aromatic heterocycles. The molecule has 128 valence electrons. The summed E-state index contributed by atoms with van der Waals surface area (Å²) < 4.78 is 5.31. The number of likely N-dealkylation sites (tertiary alicyclic amines) is 1. The molecule has 1 aromatic rings. The van der Waals surface area contributed by atoms with Gasteiger partial charge in [-0.3, -0.25) is 9.69 Å². The van der Waals surface area contributed by atoms with Crippen LogP contribution in [0.25, 0.3) is 0 Å². The zero-order valence-corrected chi connectivity index (χ0v) is 14.4. The highest BCUT2D eigenvalue weighted by molar-refractivity contribution is 7.09. The van der Waals surface area contributed by atoms with Gasteiger partial charge in [0.1, 0.15) is 0 Å². The van der Waals surface area contributed by atoms with E-state index in [9.17, 15) is 4.79 Å². The lowest BCUT2D eigenvalue weighted by atomic mass is 9.90. The van der Waals surface area contributed by atoms with E-state index in [-0.39, 0.29) is 5.91 Å². The number of hydrogen-bond acceptors (Lipinski definition) is 5. The first-order valence-corrected chi connectivity index (χ1v) is 9.43. The zero-order chi connectivity index (χ0) is 16.1. The fraction of sp³-hybridized carbons (Fsp3) is 0.706. The van der Waals surface area contributed by atoms with Crippen molar-refractivity contribution in [3.05, 3.63) is 22.4 Å². The number of piperidine rings is 1. The van der Waals surface area contributed by atoms with Crippen LogP contribution in [0.3, 0.4) is 0 Å². The van der Waals surface area contributed by atoms with Gasteiger partial charge in [-0.1, -0.05) is 6.07 Å². The normalized spacial score (nSPS) is 25.2. The third-order valence-electron chi connectivity index (χ3n) is 4.95. The first-order chi connectivity index (χ1) is 11.2. The average Bonchev–Trinajstić information content (AvgIpc) is 3.06. The Balaban J connectivity index is 1.45. The molecular weight excluding hydrogens is 310 g/mol. The molecule has 1 unspecified atom stereocenters. The van der Waals surface area contributed by atoms with Crippen LogP contribution in [0, 0.1) is 5.92 Å². The van der Waals surface area contributed by atoms with Gasteiger partial charge in [0.25, 0.3) is 0 Å². The zero-order valence-electron chi connectivity index (χ0n) is 13.6. The Morgan fingerprint density at radius 1 is 1.48 bits per heavy atom.